The number of hydrogen-bond donors (Lipinski definition) is 2. The molecule has 0 fully saturated rings. The van der Waals surface area contributed by atoms with E-state index in [0.29, 0.717) is 11.3 Å². The molecule has 0 saturated carbocycles. The predicted molar refractivity (Wildman–Crippen MR) is 129 cm³/mol. The minimum atomic E-state index is -1.23. The van der Waals surface area contributed by atoms with Gasteiger partial charge < -0.3 is 19.5 Å². The molecule has 4 aromatic rings. The van der Waals surface area contributed by atoms with Crippen molar-refractivity contribution < 1.29 is 27.6 Å². The van der Waals surface area contributed by atoms with Gasteiger partial charge in [-0.15, -0.1) is 0 Å². The van der Waals surface area contributed by atoms with Gasteiger partial charge in [-0.2, -0.15) is 0 Å². The van der Waals surface area contributed by atoms with Crippen molar-refractivity contribution in [2.45, 2.75) is 19.5 Å². The summed E-state index contributed by atoms with van der Waals surface area (Å²) in [7, 11) is 0. The highest BCUT2D eigenvalue weighted by molar-refractivity contribution is 6.04. The zero-order valence-electron chi connectivity index (χ0n) is 19.4. The molecule has 0 aliphatic heterocycles. The van der Waals surface area contributed by atoms with Crippen LogP contribution >= 0.6 is 0 Å². The molecule has 2 N–H and O–H groups in total. The first-order chi connectivity index (χ1) is 17.4. The maximum atomic E-state index is 15.0. The van der Waals surface area contributed by atoms with E-state index in [4.69, 9.17) is 8.83 Å². The number of carbonyl (C=O) groups is 3. The molecule has 184 valence electrons. The lowest BCUT2D eigenvalue weighted by molar-refractivity contribution is -0.126. The van der Waals surface area contributed by atoms with Crippen molar-refractivity contribution >= 4 is 23.4 Å². The van der Waals surface area contributed by atoms with Crippen LogP contribution in [0, 0.1) is 12.7 Å². The van der Waals surface area contributed by atoms with E-state index in [0.717, 1.165) is 10.5 Å². The van der Waals surface area contributed by atoms with Crippen LogP contribution in [0.4, 0.5) is 10.1 Å². The van der Waals surface area contributed by atoms with E-state index in [1.54, 1.807) is 48.5 Å². The Kier molecular flexibility index (Phi) is 7.60. The van der Waals surface area contributed by atoms with E-state index in [-0.39, 0.29) is 18.0 Å². The van der Waals surface area contributed by atoms with Gasteiger partial charge in [0.2, 0.25) is 11.8 Å². The molecule has 2 aromatic carbocycles. The molecule has 0 bridgehead atoms. The molecule has 4 rings (SSSR count). The highest BCUT2D eigenvalue weighted by Crippen LogP contribution is 2.30. The number of anilines is 1. The zero-order valence-corrected chi connectivity index (χ0v) is 19.4. The second-order valence-electron chi connectivity index (χ2n) is 7.99. The van der Waals surface area contributed by atoms with Crippen LogP contribution in [0.5, 0.6) is 0 Å². The number of hydrogen-bond acceptors (Lipinski definition) is 5. The Labute approximate surface area is 206 Å². The lowest BCUT2D eigenvalue weighted by Crippen LogP contribution is -2.47. The molecular formula is C27H24FN3O5. The number of halogens is 1. The van der Waals surface area contributed by atoms with Crippen LogP contribution in [0.3, 0.4) is 0 Å². The van der Waals surface area contributed by atoms with Crippen molar-refractivity contribution in [1.29, 1.82) is 0 Å². The summed E-state index contributed by atoms with van der Waals surface area (Å²) in [5, 5.41) is 5.23. The molecule has 3 amide bonds. The van der Waals surface area contributed by atoms with E-state index in [1.165, 1.54) is 36.8 Å². The molecule has 0 saturated heterocycles. The van der Waals surface area contributed by atoms with E-state index in [2.05, 4.69) is 10.6 Å². The van der Waals surface area contributed by atoms with Crippen molar-refractivity contribution in [2.75, 3.05) is 11.4 Å². The number of carbonyl (C=O) groups excluding carboxylic acids is 3. The second-order valence-corrected chi connectivity index (χ2v) is 7.99. The lowest BCUT2D eigenvalue weighted by Gasteiger charge is -2.31. The van der Waals surface area contributed by atoms with E-state index in [9.17, 15) is 18.8 Å². The first-order valence-electron chi connectivity index (χ1n) is 11.2. The van der Waals surface area contributed by atoms with Gasteiger partial charge in [-0.25, -0.2) is 4.39 Å². The largest absolute Gasteiger partial charge is 0.467 e. The zero-order chi connectivity index (χ0) is 25.5. The van der Waals surface area contributed by atoms with Crippen LogP contribution in [0.2, 0.25) is 0 Å². The van der Waals surface area contributed by atoms with Gasteiger partial charge in [0.1, 0.15) is 17.6 Å². The number of aryl methyl sites for hydroxylation is 1. The van der Waals surface area contributed by atoms with Crippen molar-refractivity contribution in [2.24, 2.45) is 0 Å². The topological polar surface area (TPSA) is 105 Å². The molecule has 0 radical (unpaired) electrons. The van der Waals surface area contributed by atoms with Gasteiger partial charge in [-0.1, -0.05) is 42.0 Å². The van der Waals surface area contributed by atoms with Crippen LogP contribution < -0.4 is 15.5 Å². The summed E-state index contributed by atoms with van der Waals surface area (Å²) < 4.78 is 25.3. The van der Waals surface area contributed by atoms with Gasteiger partial charge in [0.05, 0.1) is 31.3 Å². The highest BCUT2D eigenvalue weighted by atomic mass is 19.1. The van der Waals surface area contributed by atoms with Crippen molar-refractivity contribution in [3.63, 3.8) is 0 Å². The number of furan rings is 2. The average molecular weight is 490 g/mol. The SMILES string of the molecule is Cc1ccc(C(C(=O)NCc2ccco2)N(C(=O)CNC(=O)c2ccco2)c2ccccc2F)cc1. The predicted octanol–water partition coefficient (Wildman–Crippen LogP) is 4.14. The standard InChI is InChI=1S/C27H24FN3O5/c1-18-10-12-19(13-11-18)25(27(34)29-16-20-6-4-14-35-20)31(22-8-3-2-7-21(22)28)24(32)17-30-26(33)23-9-5-15-36-23/h2-15,25H,16-17H2,1H3,(H,29,34)(H,30,33). The fourth-order valence-electron chi connectivity index (χ4n) is 3.65. The molecule has 0 spiro atoms. The minimum absolute atomic E-state index is 0.0199. The molecule has 2 heterocycles. The maximum Gasteiger partial charge on any atom is 0.287 e. The number of nitrogens with one attached hydrogen (secondary N) is 2. The van der Waals surface area contributed by atoms with Gasteiger partial charge in [-0.05, 0) is 48.9 Å². The molecule has 1 atom stereocenters. The molecule has 0 aliphatic carbocycles. The maximum absolute atomic E-state index is 15.0. The quantitative estimate of drug-likeness (QED) is 0.368. The van der Waals surface area contributed by atoms with Crippen LogP contribution in [0.25, 0.3) is 0 Å². The molecule has 36 heavy (non-hydrogen) atoms. The lowest BCUT2D eigenvalue weighted by atomic mass is 10.0. The van der Waals surface area contributed by atoms with Crippen molar-refractivity contribution in [3.05, 3.63) is 114 Å². The van der Waals surface area contributed by atoms with Gasteiger partial charge >= 0.3 is 0 Å². The van der Waals surface area contributed by atoms with Crippen molar-refractivity contribution in [1.82, 2.24) is 10.6 Å². The normalized spacial score (nSPS) is 11.5. The first kappa shape index (κ1) is 24.5. The summed E-state index contributed by atoms with van der Waals surface area (Å²) in [5.74, 6) is -2.02. The average Bonchev–Trinajstić information content (AvgIpc) is 3.60. The van der Waals surface area contributed by atoms with E-state index >= 15 is 0 Å². The third-order valence-corrected chi connectivity index (χ3v) is 5.44. The van der Waals surface area contributed by atoms with Gasteiger partial charge in [0.15, 0.2) is 5.76 Å². The number of rotatable bonds is 9. The third-order valence-electron chi connectivity index (χ3n) is 5.44. The summed E-state index contributed by atoms with van der Waals surface area (Å²) in [6.07, 6.45) is 2.81. The van der Waals surface area contributed by atoms with Gasteiger partial charge in [0.25, 0.3) is 5.91 Å². The Morgan fingerprint density at radius 3 is 2.28 bits per heavy atom. The summed E-state index contributed by atoms with van der Waals surface area (Å²) in [6, 6.07) is 17.8. The molecule has 2 aromatic heterocycles. The molecular weight excluding hydrogens is 465 g/mol. The number of para-hydroxylation sites is 1. The molecule has 0 aliphatic rings. The van der Waals surface area contributed by atoms with E-state index in [1.807, 2.05) is 6.92 Å². The Hall–Kier alpha value is -4.66. The third kappa shape index (κ3) is 5.69. The smallest absolute Gasteiger partial charge is 0.287 e. The van der Waals surface area contributed by atoms with E-state index < -0.39 is 36.1 Å². The minimum Gasteiger partial charge on any atom is -0.467 e. The van der Waals surface area contributed by atoms with Gasteiger partial charge in [0, 0.05) is 0 Å². The fourth-order valence-corrected chi connectivity index (χ4v) is 3.65. The molecule has 8 nitrogen and oxygen atoms in total. The summed E-state index contributed by atoms with van der Waals surface area (Å²) in [6.45, 7) is 1.46. The number of benzene rings is 2. The Bertz CT molecular complexity index is 1320. The molecule has 9 heteroatoms. The number of amides is 3. The highest BCUT2D eigenvalue weighted by Gasteiger charge is 2.34. The Morgan fingerprint density at radius 1 is 0.889 bits per heavy atom. The Balaban J connectivity index is 1.68. The summed E-state index contributed by atoms with van der Waals surface area (Å²) in [5.41, 5.74) is 1.31. The monoisotopic (exact) mass is 489 g/mol. The summed E-state index contributed by atoms with van der Waals surface area (Å²) >= 11 is 0. The summed E-state index contributed by atoms with van der Waals surface area (Å²) in [4.78, 5) is 40.4. The first-order valence-corrected chi connectivity index (χ1v) is 11.2. The second kappa shape index (κ2) is 11.2. The Morgan fingerprint density at radius 2 is 1.61 bits per heavy atom. The van der Waals surface area contributed by atoms with Crippen LogP contribution in [0.1, 0.15) is 33.5 Å². The van der Waals surface area contributed by atoms with Crippen LogP contribution in [-0.4, -0.2) is 24.3 Å². The fraction of sp³-hybridized carbons (Fsp3) is 0.148. The molecule has 1 unspecified atom stereocenters. The van der Waals surface area contributed by atoms with Crippen LogP contribution in [-0.2, 0) is 16.1 Å². The van der Waals surface area contributed by atoms with Gasteiger partial charge in [-0.3, -0.25) is 19.3 Å². The number of nitrogens with zero attached hydrogens (tertiary/aromatic N) is 1. The van der Waals surface area contributed by atoms with Crippen LogP contribution in [0.15, 0.2) is 94.2 Å². The van der Waals surface area contributed by atoms with Crippen molar-refractivity contribution in [3.8, 4) is 0 Å².